The molecule has 0 fully saturated rings. The third-order valence-corrected chi connectivity index (χ3v) is 2.72. The van der Waals surface area contributed by atoms with E-state index in [9.17, 15) is 15.0 Å². The van der Waals surface area contributed by atoms with Crippen molar-refractivity contribution in [3.8, 4) is 0 Å². The molecule has 2 N–H and O–H groups in total. The molecule has 0 unspecified atom stereocenters. The van der Waals surface area contributed by atoms with Crippen LogP contribution in [0, 0.1) is 0 Å². The molecule has 1 aromatic rings. The van der Waals surface area contributed by atoms with Gasteiger partial charge in [-0.2, -0.15) is 0 Å². The van der Waals surface area contributed by atoms with E-state index in [0.29, 0.717) is 5.56 Å². The van der Waals surface area contributed by atoms with Crippen molar-refractivity contribution in [2.24, 2.45) is 0 Å². The van der Waals surface area contributed by atoms with Crippen LogP contribution in [0.3, 0.4) is 0 Å². The van der Waals surface area contributed by atoms with Gasteiger partial charge in [0.25, 0.3) is 0 Å². The molecule has 0 spiro atoms. The van der Waals surface area contributed by atoms with Crippen molar-refractivity contribution >= 4 is 5.97 Å². The van der Waals surface area contributed by atoms with E-state index >= 15 is 0 Å². The van der Waals surface area contributed by atoms with Gasteiger partial charge in [-0.15, -0.1) is 0 Å². The monoisotopic (exact) mass is 296 g/mol. The van der Waals surface area contributed by atoms with E-state index in [-0.39, 0.29) is 6.61 Å². The van der Waals surface area contributed by atoms with Gasteiger partial charge in [0, 0.05) is 14.2 Å². The van der Waals surface area contributed by atoms with Gasteiger partial charge in [0.1, 0.15) is 18.8 Å². The van der Waals surface area contributed by atoms with E-state index in [1.165, 1.54) is 26.4 Å². The van der Waals surface area contributed by atoms with Crippen LogP contribution in [0.25, 0.3) is 0 Å². The highest BCUT2D eigenvalue weighted by Crippen LogP contribution is 2.04. The van der Waals surface area contributed by atoms with E-state index in [1.54, 1.807) is 30.3 Å². The number of aliphatic hydroxyl groups excluding tert-OH is 2. The second-order valence-corrected chi connectivity index (χ2v) is 4.25. The molecule has 21 heavy (non-hydrogen) atoms. The standard InChI is InChI=1S/C15H20O6/c1-19-14(20-2)9-8-12(16)13(17)10-21-15(18)11-6-4-3-5-7-11/h3-9,12-14,16-17H,10H2,1-2H3/b9-8+/t12-,13+/m0/s1. The number of hydrogen-bond donors (Lipinski definition) is 2. The Kier molecular flexibility index (Phi) is 7.63. The third kappa shape index (κ3) is 6.05. The molecular weight excluding hydrogens is 276 g/mol. The van der Waals surface area contributed by atoms with Crippen molar-refractivity contribution in [1.82, 2.24) is 0 Å². The Labute approximate surface area is 123 Å². The van der Waals surface area contributed by atoms with Gasteiger partial charge in [0.05, 0.1) is 5.56 Å². The minimum atomic E-state index is -1.23. The molecule has 0 saturated carbocycles. The first-order valence-electron chi connectivity index (χ1n) is 6.40. The maximum absolute atomic E-state index is 11.7. The molecule has 0 aromatic heterocycles. The zero-order valence-electron chi connectivity index (χ0n) is 12.0. The van der Waals surface area contributed by atoms with Crippen LogP contribution in [0.15, 0.2) is 42.5 Å². The van der Waals surface area contributed by atoms with E-state index in [4.69, 9.17) is 14.2 Å². The summed E-state index contributed by atoms with van der Waals surface area (Å²) in [5.74, 6) is -0.558. The van der Waals surface area contributed by atoms with Crippen LogP contribution in [0.2, 0.25) is 0 Å². The van der Waals surface area contributed by atoms with Gasteiger partial charge in [0.2, 0.25) is 0 Å². The van der Waals surface area contributed by atoms with Crippen LogP contribution in [0.5, 0.6) is 0 Å². The average molecular weight is 296 g/mol. The second kappa shape index (κ2) is 9.25. The maximum Gasteiger partial charge on any atom is 0.338 e. The van der Waals surface area contributed by atoms with Crippen molar-refractivity contribution in [2.45, 2.75) is 18.5 Å². The Bertz CT molecular complexity index is 441. The Morgan fingerprint density at radius 2 is 1.76 bits per heavy atom. The lowest BCUT2D eigenvalue weighted by Gasteiger charge is -2.15. The highest BCUT2D eigenvalue weighted by Gasteiger charge is 2.17. The van der Waals surface area contributed by atoms with Gasteiger partial charge >= 0.3 is 5.97 Å². The normalized spacial score (nSPS) is 14.3. The van der Waals surface area contributed by atoms with E-state index < -0.39 is 24.5 Å². The number of methoxy groups -OCH3 is 2. The number of esters is 1. The van der Waals surface area contributed by atoms with Crippen LogP contribution < -0.4 is 0 Å². The van der Waals surface area contributed by atoms with Gasteiger partial charge < -0.3 is 24.4 Å². The van der Waals surface area contributed by atoms with E-state index in [2.05, 4.69) is 0 Å². The maximum atomic E-state index is 11.7. The quantitative estimate of drug-likeness (QED) is 0.418. The molecule has 1 rings (SSSR count). The highest BCUT2D eigenvalue weighted by atomic mass is 16.7. The lowest BCUT2D eigenvalue weighted by atomic mass is 10.2. The summed E-state index contributed by atoms with van der Waals surface area (Å²) in [6.45, 7) is -0.316. The van der Waals surface area contributed by atoms with Crippen molar-refractivity contribution in [3.05, 3.63) is 48.0 Å². The molecule has 0 amide bonds. The Hall–Kier alpha value is -1.73. The van der Waals surface area contributed by atoms with Crippen molar-refractivity contribution in [1.29, 1.82) is 0 Å². The fourth-order valence-electron chi connectivity index (χ4n) is 1.50. The van der Waals surface area contributed by atoms with Crippen LogP contribution in [0.4, 0.5) is 0 Å². The molecule has 0 bridgehead atoms. The summed E-state index contributed by atoms with van der Waals surface area (Å²) in [7, 11) is 2.89. The number of carbonyl (C=O) groups is 1. The second-order valence-electron chi connectivity index (χ2n) is 4.25. The number of rotatable bonds is 8. The summed E-state index contributed by atoms with van der Waals surface area (Å²) in [6.07, 6.45) is -0.269. The average Bonchev–Trinajstić information content (AvgIpc) is 2.53. The molecule has 6 heteroatoms. The van der Waals surface area contributed by atoms with E-state index in [0.717, 1.165) is 0 Å². The van der Waals surface area contributed by atoms with Gasteiger partial charge in [-0.05, 0) is 18.2 Å². The molecule has 0 aliphatic carbocycles. The molecular formula is C15H20O6. The zero-order chi connectivity index (χ0) is 15.7. The Balaban J connectivity index is 2.42. The summed E-state index contributed by atoms with van der Waals surface area (Å²) in [5.41, 5.74) is 0.383. The summed E-state index contributed by atoms with van der Waals surface area (Å²) < 4.78 is 14.7. The summed E-state index contributed by atoms with van der Waals surface area (Å²) in [4.78, 5) is 11.7. The molecule has 2 atom stereocenters. The van der Waals surface area contributed by atoms with Crippen LogP contribution in [0.1, 0.15) is 10.4 Å². The van der Waals surface area contributed by atoms with Gasteiger partial charge in [-0.1, -0.05) is 24.3 Å². The van der Waals surface area contributed by atoms with Crippen LogP contribution in [-0.2, 0) is 14.2 Å². The first-order valence-corrected chi connectivity index (χ1v) is 6.40. The highest BCUT2D eigenvalue weighted by molar-refractivity contribution is 5.89. The number of aliphatic hydroxyl groups is 2. The molecule has 0 saturated heterocycles. The Morgan fingerprint density at radius 3 is 2.33 bits per heavy atom. The van der Waals surface area contributed by atoms with Crippen molar-refractivity contribution in [3.63, 3.8) is 0 Å². The lowest BCUT2D eigenvalue weighted by molar-refractivity contribution is -0.0680. The smallest absolute Gasteiger partial charge is 0.338 e. The molecule has 0 aliphatic rings. The number of carbonyl (C=O) groups excluding carboxylic acids is 1. The predicted octanol–water partition coefficient (Wildman–Crippen LogP) is 0.740. The molecule has 0 radical (unpaired) electrons. The number of ether oxygens (including phenoxy) is 3. The SMILES string of the molecule is COC(/C=C/[C@H](O)[C@H](O)COC(=O)c1ccccc1)OC. The fourth-order valence-corrected chi connectivity index (χ4v) is 1.50. The minimum Gasteiger partial charge on any atom is -0.459 e. The molecule has 116 valence electrons. The summed E-state index contributed by atoms with van der Waals surface area (Å²) >= 11 is 0. The lowest BCUT2D eigenvalue weighted by Crippen LogP contribution is -2.30. The van der Waals surface area contributed by atoms with Crippen LogP contribution in [-0.4, -0.2) is 55.5 Å². The molecule has 1 aromatic carbocycles. The van der Waals surface area contributed by atoms with E-state index in [1.807, 2.05) is 0 Å². The number of benzene rings is 1. The Morgan fingerprint density at radius 1 is 1.14 bits per heavy atom. The first-order chi connectivity index (χ1) is 10.1. The summed E-state index contributed by atoms with van der Waals surface area (Å²) in [5, 5.41) is 19.4. The van der Waals surface area contributed by atoms with Crippen molar-refractivity contribution in [2.75, 3.05) is 20.8 Å². The molecule has 6 nitrogen and oxygen atoms in total. The molecule has 0 heterocycles. The van der Waals surface area contributed by atoms with Gasteiger partial charge in [0.15, 0.2) is 6.29 Å². The van der Waals surface area contributed by atoms with Gasteiger partial charge in [-0.25, -0.2) is 4.79 Å². The zero-order valence-corrected chi connectivity index (χ0v) is 12.0. The largest absolute Gasteiger partial charge is 0.459 e. The van der Waals surface area contributed by atoms with Gasteiger partial charge in [-0.3, -0.25) is 0 Å². The fraction of sp³-hybridized carbons (Fsp3) is 0.400. The van der Waals surface area contributed by atoms with Crippen molar-refractivity contribution < 1.29 is 29.2 Å². The molecule has 0 aliphatic heterocycles. The first kappa shape index (κ1) is 17.3. The predicted molar refractivity (Wildman–Crippen MR) is 75.7 cm³/mol. The topological polar surface area (TPSA) is 85.2 Å². The van der Waals surface area contributed by atoms with Crippen LogP contribution >= 0.6 is 0 Å². The minimum absolute atomic E-state index is 0.316. The summed E-state index contributed by atoms with van der Waals surface area (Å²) in [6, 6.07) is 8.41. The number of hydrogen-bond acceptors (Lipinski definition) is 6. The third-order valence-electron chi connectivity index (χ3n) is 2.72.